The summed E-state index contributed by atoms with van der Waals surface area (Å²) in [6.07, 6.45) is 1.64. The van der Waals surface area contributed by atoms with Gasteiger partial charge >= 0.3 is 0 Å². The number of allylic oxidation sites excluding steroid dienone is 1. The van der Waals surface area contributed by atoms with Crippen molar-refractivity contribution in [3.8, 4) is 0 Å². The first-order valence-corrected chi connectivity index (χ1v) is 5.08. The lowest BCUT2D eigenvalue weighted by molar-refractivity contribution is 0.556. The third-order valence-corrected chi connectivity index (χ3v) is 1.89. The summed E-state index contributed by atoms with van der Waals surface area (Å²) in [4.78, 5) is 1.92. The van der Waals surface area contributed by atoms with Crippen LogP contribution in [-0.4, -0.2) is 0 Å². The summed E-state index contributed by atoms with van der Waals surface area (Å²) in [6, 6.07) is 3.73. The molecular formula is C11H16OS. The minimum atomic E-state index is 0.818. The molecule has 0 spiro atoms. The minimum Gasteiger partial charge on any atom is -0.464 e. The maximum Gasteiger partial charge on any atom is 0.139 e. The topological polar surface area (TPSA) is 13.1 Å². The standard InChI is InChI=1S/C9H10OS.C2H6/c1-7(2)11-8(3)9-5-4-6-10-9;1-2/h4-6H,1,3H2,2H3;1-2H3. The Hall–Kier alpha value is -0.890. The molecule has 2 heteroatoms. The van der Waals surface area contributed by atoms with Crippen LogP contribution in [0.25, 0.3) is 4.91 Å². The van der Waals surface area contributed by atoms with Crippen molar-refractivity contribution < 1.29 is 4.42 Å². The zero-order valence-corrected chi connectivity index (χ0v) is 9.28. The molecule has 0 atom stereocenters. The summed E-state index contributed by atoms with van der Waals surface area (Å²) in [5, 5.41) is 0. The second-order valence-corrected chi connectivity index (χ2v) is 3.60. The van der Waals surface area contributed by atoms with Gasteiger partial charge in [-0.15, -0.1) is 0 Å². The predicted molar refractivity (Wildman–Crippen MR) is 61.5 cm³/mol. The van der Waals surface area contributed by atoms with Gasteiger partial charge in [0.15, 0.2) is 0 Å². The Kier molecular flexibility index (Phi) is 6.15. The number of furan rings is 1. The van der Waals surface area contributed by atoms with Crippen molar-refractivity contribution in [2.75, 3.05) is 0 Å². The average Bonchev–Trinajstić information content (AvgIpc) is 2.58. The lowest BCUT2D eigenvalue weighted by Crippen LogP contribution is -1.70. The van der Waals surface area contributed by atoms with Crippen LogP contribution in [0.3, 0.4) is 0 Å². The molecule has 0 fully saturated rings. The molecule has 0 saturated carbocycles. The van der Waals surface area contributed by atoms with Crippen molar-refractivity contribution in [1.29, 1.82) is 0 Å². The summed E-state index contributed by atoms with van der Waals surface area (Å²) < 4.78 is 5.13. The maximum atomic E-state index is 5.13. The van der Waals surface area contributed by atoms with Gasteiger partial charge in [0.1, 0.15) is 5.76 Å². The molecule has 0 unspecified atom stereocenters. The van der Waals surface area contributed by atoms with E-state index < -0.39 is 0 Å². The van der Waals surface area contributed by atoms with E-state index in [0.717, 1.165) is 15.6 Å². The van der Waals surface area contributed by atoms with Crippen LogP contribution in [0.4, 0.5) is 0 Å². The van der Waals surface area contributed by atoms with Crippen LogP contribution in [0.5, 0.6) is 0 Å². The molecular weight excluding hydrogens is 180 g/mol. The fourth-order valence-corrected chi connectivity index (χ4v) is 1.34. The quantitative estimate of drug-likeness (QED) is 0.704. The van der Waals surface area contributed by atoms with Crippen molar-refractivity contribution in [3.05, 3.63) is 42.2 Å². The maximum absolute atomic E-state index is 5.13. The van der Waals surface area contributed by atoms with E-state index in [-0.39, 0.29) is 0 Å². The summed E-state index contributed by atoms with van der Waals surface area (Å²) >= 11 is 1.53. The van der Waals surface area contributed by atoms with E-state index in [2.05, 4.69) is 13.2 Å². The molecule has 1 rings (SSSR count). The molecule has 0 aromatic carbocycles. The second kappa shape index (κ2) is 6.61. The van der Waals surface area contributed by atoms with Crippen molar-refractivity contribution in [2.45, 2.75) is 20.8 Å². The Bertz CT molecular complexity index is 260. The molecule has 1 aromatic rings. The zero-order chi connectivity index (χ0) is 10.3. The van der Waals surface area contributed by atoms with Gasteiger partial charge in [-0.25, -0.2) is 0 Å². The van der Waals surface area contributed by atoms with Crippen LogP contribution in [-0.2, 0) is 0 Å². The highest BCUT2D eigenvalue weighted by molar-refractivity contribution is 8.11. The van der Waals surface area contributed by atoms with E-state index in [4.69, 9.17) is 4.42 Å². The van der Waals surface area contributed by atoms with Crippen molar-refractivity contribution in [2.24, 2.45) is 0 Å². The van der Waals surface area contributed by atoms with E-state index in [1.165, 1.54) is 11.8 Å². The zero-order valence-electron chi connectivity index (χ0n) is 8.46. The molecule has 0 aliphatic heterocycles. The molecule has 0 N–H and O–H groups in total. The van der Waals surface area contributed by atoms with Gasteiger partial charge in [-0.3, -0.25) is 0 Å². The minimum absolute atomic E-state index is 0.818. The van der Waals surface area contributed by atoms with Gasteiger partial charge in [0.05, 0.1) is 6.26 Å². The summed E-state index contributed by atoms with van der Waals surface area (Å²) in [5.74, 6) is 0.818. The number of thioether (sulfide) groups is 1. The normalized spacial score (nSPS) is 8.54. The highest BCUT2D eigenvalue weighted by atomic mass is 32.2. The molecule has 13 heavy (non-hydrogen) atoms. The summed E-state index contributed by atoms with van der Waals surface area (Å²) in [6.45, 7) is 13.6. The largest absolute Gasteiger partial charge is 0.464 e. The van der Waals surface area contributed by atoms with E-state index in [0.29, 0.717) is 0 Å². The van der Waals surface area contributed by atoms with Gasteiger partial charge in [0.25, 0.3) is 0 Å². The van der Waals surface area contributed by atoms with Crippen molar-refractivity contribution >= 4 is 16.7 Å². The van der Waals surface area contributed by atoms with Crippen LogP contribution >= 0.6 is 11.8 Å². The molecule has 0 bridgehead atoms. The van der Waals surface area contributed by atoms with Crippen molar-refractivity contribution in [3.63, 3.8) is 0 Å². The lowest BCUT2D eigenvalue weighted by atomic mass is 10.4. The number of hydrogen-bond donors (Lipinski definition) is 0. The Labute approximate surface area is 84.5 Å². The van der Waals surface area contributed by atoms with E-state index in [1.807, 2.05) is 32.9 Å². The van der Waals surface area contributed by atoms with Crippen LogP contribution in [0.2, 0.25) is 0 Å². The summed E-state index contributed by atoms with van der Waals surface area (Å²) in [5.41, 5.74) is 0. The van der Waals surface area contributed by atoms with Crippen LogP contribution in [0, 0.1) is 0 Å². The van der Waals surface area contributed by atoms with Crippen LogP contribution < -0.4 is 0 Å². The molecule has 1 aromatic heterocycles. The van der Waals surface area contributed by atoms with Gasteiger partial charge in [-0.1, -0.05) is 38.8 Å². The molecule has 72 valence electrons. The molecule has 0 saturated heterocycles. The van der Waals surface area contributed by atoms with E-state index in [9.17, 15) is 0 Å². The highest BCUT2D eigenvalue weighted by Gasteiger charge is 2.01. The Morgan fingerprint density at radius 2 is 2.00 bits per heavy atom. The fraction of sp³-hybridized carbons (Fsp3) is 0.273. The van der Waals surface area contributed by atoms with Gasteiger partial charge < -0.3 is 4.42 Å². The number of rotatable bonds is 3. The molecule has 0 radical (unpaired) electrons. The third kappa shape index (κ3) is 4.63. The van der Waals surface area contributed by atoms with Gasteiger partial charge in [-0.05, 0) is 24.0 Å². The smallest absolute Gasteiger partial charge is 0.139 e. The monoisotopic (exact) mass is 196 g/mol. The van der Waals surface area contributed by atoms with E-state index in [1.54, 1.807) is 6.26 Å². The predicted octanol–water partition coefficient (Wildman–Crippen LogP) is 4.54. The third-order valence-electron chi connectivity index (χ3n) is 1.09. The van der Waals surface area contributed by atoms with Gasteiger partial charge in [0, 0.05) is 4.91 Å². The number of hydrogen-bond acceptors (Lipinski definition) is 2. The molecule has 0 aliphatic rings. The van der Waals surface area contributed by atoms with Crippen molar-refractivity contribution in [1.82, 2.24) is 0 Å². The second-order valence-electron chi connectivity index (χ2n) is 2.20. The molecule has 1 nitrogen and oxygen atoms in total. The average molecular weight is 196 g/mol. The van der Waals surface area contributed by atoms with Gasteiger partial charge in [0.2, 0.25) is 0 Å². The molecule has 0 aliphatic carbocycles. The SMILES string of the molecule is C=C(C)SC(=C)c1ccco1.CC. The fourth-order valence-electron chi connectivity index (χ4n) is 0.698. The first kappa shape index (κ1) is 12.1. The van der Waals surface area contributed by atoms with Gasteiger partial charge in [-0.2, -0.15) is 0 Å². The molecule has 1 heterocycles. The van der Waals surface area contributed by atoms with Crippen LogP contribution in [0.1, 0.15) is 26.5 Å². The lowest BCUT2D eigenvalue weighted by Gasteiger charge is -1.98. The first-order chi connectivity index (χ1) is 6.20. The highest BCUT2D eigenvalue weighted by Crippen LogP contribution is 2.30. The first-order valence-electron chi connectivity index (χ1n) is 4.26. The Morgan fingerprint density at radius 3 is 2.38 bits per heavy atom. The van der Waals surface area contributed by atoms with Crippen LogP contribution in [0.15, 0.2) is 40.9 Å². The molecule has 0 amide bonds. The van der Waals surface area contributed by atoms with E-state index >= 15 is 0 Å². The summed E-state index contributed by atoms with van der Waals surface area (Å²) in [7, 11) is 0. The Morgan fingerprint density at radius 1 is 1.38 bits per heavy atom. The Balaban J connectivity index is 0.000000671.